The minimum absolute atomic E-state index is 0.244. The molecule has 0 bridgehead atoms. The van der Waals surface area contributed by atoms with Gasteiger partial charge in [0.2, 0.25) is 0 Å². The van der Waals surface area contributed by atoms with E-state index in [0.717, 1.165) is 16.9 Å². The lowest BCUT2D eigenvalue weighted by Gasteiger charge is -2.16. The number of nitrogens with two attached hydrogens (primary N) is 2. The Morgan fingerprint density at radius 1 is 1.10 bits per heavy atom. The first-order valence-corrected chi connectivity index (χ1v) is 6.55. The van der Waals surface area contributed by atoms with Crippen molar-refractivity contribution >= 4 is 0 Å². The van der Waals surface area contributed by atoms with Gasteiger partial charge in [0.1, 0.15) is 18.1 Å². The molecular weight excluding hydrogens is 252 g/mol. The zero-order valence-electron chi connectivity index (χ0n) is 11.6. The second kappa shape index (κ2) is 6.93. The first-order valence-electron chi connectivity index (χ1n) is 6.55. The first-order chi connectivity index (χ1) is 9.74. The molecular formula is C16H20N2O2. The molecule has 0 radical (unpaired) electrons. The van der Waals surface area contributed by atoms with Gasteiger partial charge in [0.15, 0.2) is 0 Å². The van der Waals surface area contributed by atoms with Crippen LogP contribution < -0.4 is 20.9 Å². The summed E-state index contributed by atoms with van der Waals surface area (Å²) in [5.74, 6) is 1.45. The van der Waals surface area contributed by atoms with Gasteiger partial charge in [-0.3, -0.25) is 0 Å². The van der Waals surface area contributed by atoms with Gasteiger partial charge >= 0.3 is 0 Å². The SMILES string of the molecule is COc1ccc(C(N)CN)c(OCc2ccccc2)c1. The molecule has 0 aliphatic rings. The average Bonchev–Trinajstić information content (AvgIpc) is 2.52. The molecule has 2 rings (SSSR count). The minimum Gasteiger partial charge on any atom is -0.497 e. The van der Waals surface area contributed by atoms with E-state index in [1.165, 1.54) is 0 Å². The second-order valence-corrected chi connectivity index (χ2v) is 4.52. The Kier molecular flexibility index (Phi) is 4.98. The molecule has 0 saturated heterocycles. The highest BCUT2D eigenvalue weighted by atomic mass is 16.5. The molecule has 0 heterocycles. The summed E-state index contributed by atoms with van der Waals surface area (Å²) in [6, 6.07) is 15.3. The predicted molar refractivity (Wildman–Crippen MR) is 79.8 cm³/mol. The van der Waals surface area contributed by atoms with E-state index in [2.05, 4.69) is 0 Å². The summed E-state index contributed by atoms with van der Waals surface area (Å²) >= 11 is 0. The van der Waals surface area contributed by atoms with Crippen molar-refractivity contribution in [1.82, 2.24) is 0 Å². The van der Waals surface area contributed by atoms with E-state index in [1.54, 1.807) is 7.11 Å². The largest absolute Gasteiger partial charge is 0.497 e. The summed E-state index contributed by atoms with van der Waals surface area (Å²) < 4.78 is 11.1. The fourth-order valence-corrected chi connectivity index (χ4v) is 1.94. The maximum Gasteiger partial charge on any atom is 0.128 e. The highest BCUT2D eigenvalue weighted by molar-refractivity contribution is 5.42. The van der Waals surface area contributed by atoms with Crippen LogP contribution in [0.25, 0.3) is 0 Å². The van der Waals surface area contributed by atoms with Crippen molar-refractivity contribution in [2.45, 2.75) is 12.6 Å². The van der Waals surface area contributed by atoms with Gasteiger partial charge in [0.25, 0.3) is 0 Å². The van der Waals surface area contributed by atoms with Crippen LogP contribution in [0.5, 0.6) is 11.5 Å². The zero-order valence-corrected chi connectivity index (χ0v) is 11.6. The molecule has 20 heavy (non-hydrogen) atoms. The van der Waals surface area contributed by atoms with Crippen LogP contribution in [0, 0.1) is 0 Å². The molecule has 0 aromatic heterocycles. The van der Waals surface area contributed by atoms with E-state index in [1.807, 2.05) is 48.5 Å². The van der Waals surface area contributed by atoms with Gasteiger partial charge in [-0.25, -0.2) is 0 Å². The summed E-state index contributed by atoms with van der Waals surface area (Å²) in [6.07, 6.45) is 0. The van der Waals surface area contributed by atoms with Crippen LogP contribution in [-0.2, 0) is 6.61 Å². The summed E-state index contributed by atoms with van der Waals surface area (Å²) in [5, 5.41) is 0. The molecule has 0 fully saturated rings. The van der Waals surface area contributed by atoms with Crippen molar-refractivity contribution in [3.05, 3.63) is 59.7 Å². The van der Waals surface area contributed by atoms with Gasteiger partial charge in [-0.05, 0) is 11.6 Å². The topological polar surface area (TPSA) is 70.5 Å². The number of rotatable bonds is 6. The smallest absolute Gasteiger partial charge is 0.128 e. The molecule has 4 nitrogen and oxygen atoms in total. The molecule has 2 aromatic carbocycles. The minimum atomic E-state index is -0.244. The van der Waals surface area contributed by atoms with E-state index in [4.69, 9.17) is 20.9 Å². The maximum atomic E-state index is 6.01. The Hall–Kier alpha value is -2.04. The van der Waals surface area contributed by atoms with Crippen molar-refractivity contribution in [3.8, 4) is 11.5 Å². The third kappa shape index (κ3) is 3.50. The maximum absolute atomic E-state index is 6.01. The first kappa shape index (κ1) is 14.4. The van der Waals surface area contributed by atoms with E-state index >= 15 is 0 Å². The lowest BCUT2D eigenvalue weighted by molar-refractivity contribution is 0.298. The molecule has 0 spiro atoms. The Balaban J connectivity index is 2.19. The van der Waals surface area contributed by atoms with E-state index in [9.17, 15) is 0 Å². The Morgan fingerprint density at radius 3 is 2.50 bits per heavy atom. The van der Waals surface area contributed by atoms with Gasteiger partial charge in [-0.1, -0.05) is 36.4 Å². The third-order valence-corrected chi connectivity index (χ3v) is 3.11. The molecule has 0 aliphatic heterocycles. The Labute approximate surface area is 119 Å². The van der Waals surface area contributed by atoms with E-state index in [-0.39, 0.29) is 6.04 Å². The standard InChI is InChI=1S/C16H20N2O2/c1-19-13-7-8-14(15(18)10-17)16(9-13)20-11-12-5-3-2-4-6-12/h2-9,15H,10-11,17-18H2,1H3. The highest BCUT2D eigenvalue weighted by Crippen LogP contribution is 2.29. The summed E-state index contributed by atoms with van der Waals surface area (Å²) in [4.78, 5) is 0. The lowest BCUT2D eigenvalue weighted by atomic mass is 10.1. The summed E-state index contributed by atoms with van der Waals surface area (Å²) in [6.45, 7) is 0.853. The van der Waals surface area contributed by atoms with Crippen LogP contribution in [0.3, 0.4) is 0 Å². The van der Waals surface area contributed by atoms with Gasteiger partial charge in [0, 0.05) is 24.2 Å². The van der Waals surface area contributed by atoms with Gasteiger partial charge in [-0.15, -0.1) is 0 Å². The molecule has 106 valence electrons. The number of hydrogen-bond acceptors (Lipinski definition) is 4. The molecule has 0 saturated carbocycles. The second-order valence-electron chi connectivity index (χ2n) is 4.52. The molecule has 4 heteroatoms. The number of hydrogen-bond donors (Lipinski definition) is 2. The predicted octanol–water partition coefficient (Wildman–Crippen LogP) is 2.23. The van der Waals surface area contributed by atoms with Crippen molar-refractivity contribution in [1.29, 1.82) is 0 Å². The van der Waals surface area contributed by atoms with Crippen molar-refractivity contribution < 1.29 is 9.47 Å². The normalized spacial score (nSPS) is 11.9. The number of benzene rings is 2. The van der Waals surface area contributed by atoms with Crippen LogP contribution in [0.15, 0.2) is 48.5 Å². The lowest BCUT2D eigenvalue weighted by Crippen LogP contribution is -2.21. The number of methoxy groups -OCH3 is 1. The fraction of sp³-hybridized carbons (Fsp3) is 0.250. The summed E-state index contributed by atoms with van der Waals surface area (Å²) in [7, 11) is 1.62. The molecule has 0 aliphatic carbocycles. The quantitative estimate of drug-likeness (QED) is 0.846. The monoisotopic (exact) mass is 272 g/mol. The third-order valence-electron chi connectivity index (χ3n) is 3.11. The van der Waals surface area contributed by atoms with Crippen molar-refractivity contribution in [2.24, 2.45) is 11.5 Å². The van der Waals surface area contributed by atoms with E-state index in [0.29, 0.717) is 18.9 Å². The molecule has 4 N–H and O–H groups in total. The zero-order chi connectivity index (χ0) is 14.4. The van der Waals surface area contributed by atoms with Crippen LogP contribution in [0.2, 0.25) is 0 Å². The van der Waals surface area contributed by atoms with Gasteiger partial charge in [0.05, 0.1) is 7.11 Å². The van der Waals surface area contributed by atoms with Gasteiger partial charge in [-0.2, -0.15) is 0 Å². The van der Waals surface area contributed by atoms with Crippen LogP contribution in [0.1, 0.15) is 17.2 Å². The van der Waals surface area contributed by atoms with Crippen molar-refractivity contribution in [2.75, 3.05) is 13.7 Å². The molecule has 2 aromatic rings. The molecule has 1 unspecified atom stereocenters. The Bertz CT molecular complexity index is 543. The highest BCUT2D eigenvalue weighted by Gasteiger charge is 2.12. The van der Waals surface area contributed by atoms with Crippen LogP contribution in [0.4, 0.5) is 0 Å². The average molecular weight is 272 g/mol. The van der Waals surface area contributed by atoms with Crippen LogP contribution >= 0.6 is 0 Å². The van der Waals surface area contributed by atoms with Crippen LogP contribution in [-0.4, -0.2) is 13.7 Å². The Morgan fingerprint density at radius 2 is 1.85 bits per heavy atom. The van der Waals surface area contributed by atoms with Crippen molar-refractivity contribution in [3.63, 3.8) is 0 Å². The fourth-order valence-electron chi connectivity index (χ4n) is 1.94. The molecule has 0 amide bonds. The molecule has 1 atom stereocenters. The summed E-state index contributed by atoms with van der Waals surface area (Å²) in [5.41, 5.74) is 13.6. The van der Waals surface area contributed by atoms with E-state index < -0.39 is 0 Å². The number of ether oxygens (including phenoxy) is 2. The van der Waals surface area contributed by atoms with Gasteiger partial charge < -0.3 is 20.9 Å².